The number of benzene rings is 3. The molecule has 1 nitrogen and oxygen atoms in total. The molecule has 2 N–H and O–H groups in total. The van der Waals surface area contributed by atoms with Gasteiger partial charge in [0.25, 0.3) is 0 Å². The first kappa shape index (κ1) is 15.6. The van der Waals surface area contributed by atoms with Gasteiger partial charge in [0.2, 0.25) is 0 Å². The maximum atomic E-state index is 13.1. The van der Waals surface area contributed by atoms with Crippen molar-refractivity contribution in [2.75, 3.05) is 0 Å². The molecule has 0 bridgehead atoms. The normalized spacial score (nSPS) is 13.1. The van der Waals surface area contributed by atoms with Crippen molar-refractivity contribution in [2.45, 2.75) is 12.2 Å². The molecule has 0 aliphatic carbocycles. The van der Waals surface area contributed by atoms with Gasteiger partial charge in [0, 0.05) is 0 Å². The Bertz CT molecular complexity index is 729. The highest BCUT2D eigenvalue weighted by Crippen LogP contribution is 2.38. The van der Waals surface area contributed by atoms with Crippen LogP contribution >= 0.6 is 12.4 Å². The molecule has 0 fully saturated rings. The van der Waals surface area contributed by atoms with Crippen LogP contribution in [0.3, 0.4) is 0 Å². The summed E-state index contributed by atoms with van der Waals surface area (Å²) in [5.41, 5.74) is 5.62. The van der Waals surface area contributed by atoms with E-state index in [1.54, 1.807) is 48.5 Å². The third kappa shape index (κ3) is 2.69. The first-order valence-corrected chi connectivity index (χ1v) is 6.21. The maximum absolute atomic E-state index is 13.1. The Labute approximate surface area is 126 Å². The van der Waals surface area contributed by atoms with Crippen LogP contribution in [-0.2, 0) is 0 Å². The van der Waals surface area contributed by atoms with Crippen LogP contribution in [0.25, 0.3) is 21.5 Å². The Morgan fingerprint density at radius 3 is 1.67 bits per heavy atom. The molecule has 5 heteroatoms. The Kier molecular flexibility index (Phi) is 4.12. The second-order valence-electron chi connectivity index (χ2n) is 4.75. The van der Waals surface area contributed by atoms with E-state index in [-0.39, 0.29) is 18.0 Å². The summed E-state index contributed by atoms with van der Waals surface area (Å²) in [4.78, 5) is 0. The third-order valence-corrected chi connectivity index (χ3v) is 3.48. The maximum Gasteiger partial charge on any atom is 0.407 e. The second kappa shape index (κ2) is 5.54. The molecule has 0 saturated heterocycles. The number of alkyl halides is 3. The van der Waals surface area contributed by atoms with Gasteiger partial charge in [-0.2, -0.15) is 13.2 Å². The molecule has 3 aromatic carbocycles. The van der Waals surface area contributed by atoms with E-state index in [2.05, 4.69) is 0 Å². The lowest BCUT2D eigenvalue weighted by atomic mass is 9.92. The lowest BCUT2D eigenvalue weighted by Gasteiger charge is -2.20. The van der Waals surface area contributed by atoms with Crippen LogP contribution in [0.4, 0.5) is 13.2 Å². The summed E-state index contributed by atoms with van der Waals surface area (Å²) in [5, 5.41) is 2.63. The topological polar surface area (TPSA) is 26.0 Å². The van der Waals surface area contributed by atoms with Gasteiger partial charge in [-0.15, -0.1) is 12.4 Å². The van der Waals surface area contributed by atoms with Crippen LogP contribution in [0, 0.1) is 0 Å². The largest absolute Gasteiger partial charge is 0.407 e. The molecule has 0 heterocycles. The number of fused-ring (bicyclic) bond motifs is 2. The minimum atomic E-state index is -4.47. The fraction of sp³-hybridized carbons (Fsp3) is 0.125. The van der Waals surface area contributed by atoms with Gasteiger partial charge in [0.1, 0.15) is 6.04 Å². The Balaban J connectivity index is 0.00000161. The number of hydrogen-bond acceptors (Lipinski definition) is 1. The van der Waals surface area contributed by atoms with Crippen LogP contribution in [0.15, 0.2) is 54.6 Å². The van der Waals surface area contributed by atoms with Crippen LogP contribution in [0.2, 0.25) is 0 Å². The number of rotatable bonds is 1. The van der Waals surface area contributed by atoms with Gasteiger partial charge in [-0.05, 0) is 33.2 Å². The molecular weight excluding hydrogens is 299 g/mol. The first-order chi connectivity index (χ1) is 9.48. The third-order valence-electron chi connectivity index (χ3n) is 3.48. The monoisotopic (exact) mass is 311 g/mol. The molecule has 0 saturated carbocycles. The average Bonchev–Trinajstić information content (AvgIpc) is 2.43. The van der Waals surface area contributed by atoms with Gasteiger partial charge in [-0.1, -0.05) is 48.5 Å². The van der Waals surface area contributed by atoms with Crippen LogP contribution in [0.5, 0.6) is 0 Å². The minimum absolute atomic E-state index is 0. The summed E-state index contributed by atoms with van der Waals surface area (Å²) in [6.45, 7) is 0. The minimum Gasteiger partial charge on any atom is -0.316 e. The van der Waals surface area contributed by atoms with Crippen molar-refractivity contribution >= 4 is 34.0 Å². The summed E-state index contributed by atoms with van der Waals surface area (Å²) in [5.74, 6) is 0. The van der Waals surface area contributed by atoms with E-state index in [4.69, 9.17) is 5.73 Å². The second-order valence-corrected chi connectivity index (χ2v) is 4.75. The van der Waals surface area contributed by atoms with Gasteiger partial charge >= 0.3 is 6.18 Å². The van der Waals surface area contributed by atoms with E-state index >= 15 is 0 Å². The quantitative estimate of drug-likeness (QED) is 0.630. The SMILES string of the molecule is Cl.NC(c1c2ccccc2cc2ccccc12)C(F)(F)F. The molecule has 3 aromatic rings. The van der Waals surface area contributed by atoms with Crippen LogP contribution in [-0.4, -0.2) is 6.18 Å². The molecule has 0 spiro atoms. The summed E-state index contributed by atoms with van der Waals surface area (Å²) in [7, 11) is 0. The fourth-order valence-corrected chi connectivity index (χ4v) is 2.55. The van der Waals surface area contributed by atoms with E-state index in [0.29, 0.717) is 10.8 Å². The molecule has 1 unspecified atom stereocenters. The highest BCUT2D eigenvalue weighted by Gasteiger charge is 2.39. The Morgan fingerprint density at radius 1 is 0.810 bits per heavy atom. The molecular formula is C16H13ClF3N. The molecule has 110 valence electrons. The average molecular weight is 312 g/mol. The predicted octanol–water partition coefficient (Wildman–Crippen LogP) is 4.98. The highest BCUT2D eigenvalue weighted by molar-refractivity contribution is 6.02. The van der Waals surface area contributed by atoms with Crippen molar-refractivity contribution in [2.24, 2.45) is 5.73 Å². The highest BCUT2D eigenvalue weighted by atomic mass is 35.5. The van der Waals surface area contributed by atoms with Gasteiger partial charge in [0.15, 0.2) is 0 Å². The standard InChI is InChI=1S/C16H12F3N.ClH/c17-16(18,19)15(20)14-12-7-3-1-5-10(12)9-11-6-2-4-8-13(11)14;/h1-9,15H,20H2;1H. The smallest absolute Gasteiger partial charge is 0.316 e. The summed E-state index contributed by atoms with van der Waals surface area (Å²) >= 11 is 0. The molecule has 21 heavy (non-hydrogen) atoms. The van der Waals surface area contributed by atoms with Crippen molar-refractivity contribution in [3.63, 3.8) is 0 Å². The zero-order chi connectivity index (χ0) is 14.3. The molecule has 0 aliphatic heterocycles. The van der Waals surface area contributed by atoms with Gasteiger partial charge in [0.05, 0.1) is 0 Å². The van der Waals surface area contributed by atoms with E-state index in [1.807, 2.05) is 6.07 Å². The Hall–Kier alpha value is -1.78. The summed E-state index contributed by atoms with van der Waals surface area (Å²) < 4.78 is 39.2. The lowest BCUT2D eigenvalue weighted by Crippen LogP contribution is -2.28. The summed E-state index contributed by atoms with van der Waals surface area (Å²) in [6, 6.07) is 13.9. The molecule has 0 aromatic heterocycles. The van der Waals surface area contributed by atoms with E-state index < -0.39 is 12.2 Å². The molecule has 0 aliphatic rings. The lowest BCUT2D eigenvalue weighted by molar-refractivity contribution is -0.148. The molecule has 3 rings (SSSR count). The van der Waals surface area contributed by atoms with E-state index in [0.717, 1.165) is 10.8 Å². The van der Waals surface area contributed by atoms with Crippen LogP contribution in [0.1, 0.15) is 11.6 Å². The predicted molar refractivity (Wildman–Crippen MR) is 81.7 cm³/mol. The number of halogens is 4. The Morgan fingerprint density at radius 2 is 1.24 bits per heavy atom. The van der Waals surface area contributed by atoms with Gasteiger partial charge in [-0.3, -0.25) is 0 Å². The molecule has 1 atom stereocenters. The van der Waals surface area contributed by atoms with Crippen molar-refractivity contribution in [3.8, 4) is 0 Å². The summed E-state index contributed by atoms with van der Waals surface area (Å²) in [6.07, 6.45) is -4.47. The molecule has 0 amide bonds. The van der Waals surface area contributed by atoms with E-state index in [9.17, 15) is 13.2 Å². The number of nitrogens with two attached hydrogens (primary N) is 1. The molecule has 0 radical (unpaired) electrons. The van der Waals surface area contributed by atoms with Crippen molar-refractivity contribution in [3.05, 3.63) is 60.2 Å². The van der Waals surface area contributed by atoms with Crippen molar-refractivity contribution in [1.29, 1.82) is 0 Å². The fourth-order valence-electron chi connectivity index (χ4n) is 2.55. The first-order valence-electron chi connectivity index (χ1n) is 6.21. The zero-order valence-corrected chi connectivity index (χ0v) is 11.7. The van der Waals surface area contributed by atoms with E-state index in [1.165, 1.54) is 0 Å². The van der Waals surface area contributed by atoms with Gasteiger partial charge in [-0.25, -0.2) is 0 Å². The van der Waals surface area contributed by atoms with Crippen molar-refractivity contribution in [1.82, 2.24) is 0 Å². The van der Waals surface area contributed by atoms with Crippen molar-refractivity contribution < 1.29 is 13.2 Å². The zero-order valence-electron chi connectivity index (χ0n) is 10.9. The van der Waals surface area contributed by atoms with Crippen LogP contribution < -0.4 is 5.73 Å². The van der Waals surface area contributed by atoms with Gasteiger partial charge < -0.3 is 5.73 Å². The number of hydrogen-bond donors (Lipinski definition) is 1.